The van der Waals surface area contributed by atoms with Gasteiger partial charge in [0.15, 0.2) is 5.75 Å². The molecule has 1 rings (SSSR count). The molecule has 1 atom stereocenters. The molecule has 19 heavy (non-hydrogen) atoms. The average Bonchev–Trinajstić information content (AvgIpc) is 2.29. The third-order valence-corrected chi connectivity index (χ3v) is 2.60. The summed E-state index contributed by atoms with van der Waals surface area (Å²) in [4.78, 5) is 23.4. The molecule has 0 fully saturated rings. The van der Waals surface area contributed by atoms with Crippen molar-refractivity contribution in [3.8, 4) is 5.75 Å². The van der Waals surface area contributed by atoms with Gasteiger partial charge in [0.2, 0.25) is 0 Å². The molecule has 0 saturated heterocycles. The number of aliphatic carboxylic acids is 1. The highest BCUT2D eigenvalue weighted by Gasteiger charge is 2.25. The fourth-order valence-corrected chi connectivity index (χ4v) is 1.74. The Hall–Kier alpha value is -2.04. The van der Waals surface area contributed by atoms with Crippen molar-refractivity contribution in [2.24, 2.45) is 5.92 Å². The molecule has 104 valence electrons. The summed E-state index contributed by atoms with van der Waals surface area (Å²) >= 11 is 0. The fraction of sp³-hybridized carbons (Fsp3) is 0.429. The van der Waals surface area contributed by atoms with Gasteiger partial charge in [-0.2, -0.15) is 0 Å². The number of carbonyl (C=O) groups is 1. The van der Waals surface area contributed by atoms with Crippen LogP contribution in [0, 0.1) is 5.92 Å². The molecule has 0 bridgehead atoms. The summed E-state index contributed by atoms with van der Waals surface area (Å²) in [5, 5.41) is 9.22. The Balaban J connectivity index is 3.16. The van der Waals surface area contributed by atoms with E-state index in [1.165, 1.54) is 16.8 Å². The van der Waals surface area contributed by atoms with Crippen molar-refractivity contribution in [2.45, 2.75) is 26.8 Å². The van der Waals surface area contributed by atoms with Gasteiger partial charge in [0, 0.05) is 6.20 Å². The number of nitrogens with zero attached hydrogens (tertiary/aromatic N) is 1. The minimum absolute atomic E-state index is 0.136. The normalized spacial score (nSPS) is 12.2. The van der Waals surface area contributed by atoms with E-state index in [-0.39, 0.29) is 18.3 Å². The molecule has 1 heterocycles. The second-order valence-corrected chi connectivity index (χ2v) is 4.86. The predicted molar refractivity (Wildman–Crippen MR) is 72.5 cm³/mol. The molecule has 0 saturated carbocycles. The van der Waals surface area contributed by atoms with Crippen LogP contribution >= 0.6 is 0 Å². The van der Waals surface area contributed by atoms with Crippen molar-refractivity contribution in [1.29, 1.82) is 0 Å². The van der Waals surface area contributed by atoms with Crippen molar-refractivity contribution in [3.63, 3.8) is 0 Å². The van der Waals surface area contributed by atoms with Crippen LogP contribution in [-0.2, 0) is 4.79 Å². The molecular formula is C14H19NO4. The van der Waals surface area contributed by atoms with Gasteiger partial charge in [0.25, 0.3) is 5.56 Å². The molecule has 0 radical (unpaired) electrons. The van der Waals surface area contributed by atoms with E-state index in [1.54, 1.807) is 26.8 Å². The monoisotopic (exact) mass is 265 g/mol. The lowest BCUT2D eigenvalue weighted by atomic mass is 10.0. The van der Waals surface area contributed by atoms with Crippen LogP contribution in [0.25, 0.3) is 0 Å². The molecule has 5 heteroatoms. The van der Waals surface area contributed by atoms with Crippen LogP contribution in [0.15, 0.2) is 35.3 Å². The highest BCUT2D eigenvalue weighted by molar-refractivity contribution is 5.72. The van der Waals surface area contributed by atoms with Crippen LogP contribution < -0.4 is 10.3 Å². The highest BCUT2D eigenvalue weighted by atomic mass is 16.5. The van der Waals surface area contributed by atoms with Gasteiger partial charge >= 0.3 is 5.97 Å². The Kier molecular flexibility index (Phi) is 4.92. The summed E-state index contributed by atoms with van der Waals surface area (Å²) in [6, 6.07) is 2.23. The number of carboxylic acid groups (broad SMARTS) is 1. The third kappa shape index (κ3) is 3.71. The molecule has 1 unspecified atom stereocenters. The third-order valence-electron chi connectivity index (χ3n) is 2.60. The molecule has 1 aromatic rings. The van der Waals surface area contributed by atoms with E-state index in [9.17, 15) is 14.7 Å². The van der Waals surface area contributed by atoms with Gasteiger partial charge in [-0.1, -0.05) is 20.4 Å². The largest absolute Gasteiger partial charge is 0.484 e. The standard InChI is InChI=1S/C14H19NO4/c1-9(2)8-19-11-6-5-7-15(13(11)16)12(10(3)4)14(17)18/h5-7,10,12H,1,8H2,2-4H3,(H,17,18). The SMILES string of the molecule is C=C(C)COc1cccn(C(C(=O)O)C(C)C)c1=O. The molecule has 0 spiro atoms. The summed E-state index contributed by atoms with van der Waals surface area (Å²) in [5.41, 5.74) is 0.346. The topological polar surface area (TPSA) is 68.5 Å². The first-order valence-corrected chi connectivity index (χ1v) is 6.05. The smallest absolute Gasteiger partial charge is 0.327 e. The molecule has 0 aromatic carbocycles. The first-order chi connectivity index (χ1) is 8.84. The highest BCUT2D eigenvalue weighted by Crippen LogP contribution is 2.17. The van der Waals surface area contributed by atoms with Gasteiger partial charge in [-0.05, 0) is 30.5 Å². The number of carboxylic acids is 1. The van der Waals surface area contributed by atoms with Crippen LogP contribution in [-0.4, -0.2) is 22.2 Å². The number of rotatable bonds is 6. The Morgan fingerprint density at radius 3 is 2.63 bits per heavy atom. The zero-order valence-corrected chi connectivity index (χ0v) is 11.4. The van der Waals surface area contributed by atoms with E-state index in [0.717, 1.165) is 5.57 Å². The van der Waals surface area contributed by atoms with Crippen LogP contribution in [0.1, 0.15) is 26.8 Å². The second-order valence-electron chi connectivity index (χ2n) is 4.86. The first kappa shape index (κ1) is 15.0. The molecule has 0 aliphatic carbocycles. The van der Waals surface area contributed by atoms with Crippen LogP contribution in [0.4, 0.5) is 0 Å². The molecular weight excluding hydrogens is 246 g/mol. The molecule has 1 aromatic heterocycles. The number of hydrogen-bond acceptors (Lipinski definition) is 3. The van der Waals surface area contributed by atoms with Crippen molar-refractivity contribution < 1.29 is 14.6 Å². The minimum atomic E-state index is -1.03. The fourth-order valence-electron chi connectivity index (χ4n) is 1.74. The molecule has 1 N–H and O–H groups in total. The van der Waals surface area contributed by atoms with E-state index < -0.39 is 17.6 Å². The van der Waals surface area contributed by atoms with Crippen molar-refractivity contribution >= 4 is 5.97 Å². The van der Waals surface area contributed by atoms with Gasteiger partial charge < -0.3 is 9.84 Å². The van der Waals surface area contributed by atoms with E-state index in [2.05, 4.69) is 6.58 Å². The quantitative estimate of drug-likeness (QED) is 0.800. The molecule has 0 aliphatic rings. The number of pyridine rings is 1. The maximum absolute atomic E-state index is 12.2. The molecule has 0 amide bonds. The lowest BCUT2D eigenvalue weighted by molar-refractivity contribution is -0.142. The van der Waals surface area contributed by atoms with Crippen LogP contribution in [0.5, 0.6) is 5.75 Å². The Bertz CT molecular complexity index is 530. The molecule has 0 aliphatic heterocycles. The van der Waals surface area contributed by atoms with Crippen LogP contribution in [0.3, 0.4) is 0 Å². The van der Waals surface area contributed by atoms with Gasteiger partial charge in [0.05, 0.1) is 0 Å². The van der Waals surface area contributed by atoms with Crippen LogP contribution in [0.2, 0.25) is 0 Å². The van der Waals surface area contributed by atoms with E-state index in [1.807, 2.05) is 0 Å². The van der Waals surface area contributed by atoms with Gasteiger partial charge in [-0.3, -0.25) is 9.36 Å². The Morgan fingerprint density at radius 2 is 2.16 bits per heavy atom. The zero-order chi connectivity index (χ0) is 14.6. The van der Waals surface area contributed by atoms with Crippen molar-refractivity contribution in [1.82, 2.24) is 4.57 Å². The summed E-state index contributed by atoms with van der Waals surface area (Å²) in [6.45, 7) is 9.22. The van der Waals surface area contributed by atoms with E-state index in [4.69, 9.17) is 4.74 Å². The van der Waals surface area contributed by atoms with E-state index in [0.29, 0.717) is 0 Å². The number of aromatic nitrogens is 1. The summed E-state index contributed by atoms with van der Waals surface area (Å²) in [6.07, 6.45) is 1.47. The first-order valence-electron chi connectivity index (χ1n) is 6.05. The lowest BCUT2D eigenvalue weighted by Gasteiger charge is -2.19. The Morgan fingerprint density at radius 1 is 1.53 bits per heavy atom. The lowest BCUT2D eigenvalue weighted by Crippen LogP contribution is -2.33. The Labute approximate surface area is 112 Å². The van der Waals surface area contributed by atoms with Gasteiger partial charge in [-0.15, -0.1) is 0 Å². The molecule has 5 nitrogen and oxygen atoms in total. The predicted octanol–water partition coefficient (Wildman–Crippen LogP) is 2.08. The minimum Gasteiger partial charge on any atom is -0.484 e. The van der Waals surface area contributed by atoms with Crippen molar-refractivity contribution in [3.05, 3.63) is 40.8 Å². The number of ether oxygens (including phenoxy) is 1. The second kappa shape index (κ2) is 6.22. The summed E-state index contributed by atoms with van der Waals surface area (Å²) < 4.78 is 6.52. The van der Waals surface area contributed by atoms with Gasteiger partial charge in [-0.25, -0.2) is 4.79 Å². The average molecular weight is 265 g/mol. The maximum Gasteiger partial charge on any atom is 0.327 e. The number of hydrogen-bond donors (Lipinski definition) is 1. The summed E-state index contributed by atoms with van der Waals surface area (Å²) in [7, 11) is 0. The van der Waals surface area contributed by atoms with E-state index >= 15 is 0 Å². The summed E-state index contributed by atoms with van der Waals surface area (Å²) in [5.74, 6) is -1.10. The zero-order valence-electron chi connectivity index (χ0n) is 11.4. The van der Waals surface area contributed by atoms with Gasteiger partial charge in [0.1, 0.15) is 12.6 Å². The maximum atomic E-state index is 12.2. The van der Waals surface area contributed by atoms with Crippen molar-refractivity contribution in [2.75, 3.05) is 6.61 Å².